The van der Waals surface area contributed by atoms with E-state index in [-0.39, 0.29) is 5.92 Å². The summed E-state index contributed by atoms with van der Waals surface area (Å²) in [5.41, 5.74) is 1.04. The molecule has 2 nitrogen and oxygen atoms in total. The molecule has 13 heavy (non-hydrogen) atoms. The van der Waals surface area contributed by atoms with E-state index >= 15 is 0 Å². The van der Waals surface area contributed by atoms with E-state index in [0.29, 0.717) is 6.42 Å². The molecule has 1 aromatic rings. The summed E-state index contributed by atoms with van der Waals surface area (Å²) in [7, 11) is 0. The zero-order valence-electron chi connectivity index (χ0n) is 7.33. The molecule has 0 aliphatic heterocycles. The van der Waals surface area contributed by atoms with Crippen LogP contribution in [0, 0.1) is 5.92 Å². The second-order valence-corrected chi connectivity index (χ2v) is 3.89. The van der Waals surface area contributed by atoms with Crippen molar-refractivity contribution in [1.82, 2.24) is 0 Å². The zero-order valence-corrected chi connectivity index (χ0v) is 8.91. The Morgan fingerprint density at radius 1 is 1.54 bits per heavy atom. The van der Waals surface area contributed by atoms with E-state index in [1.165, 1.54) is 0 Å². The van der Waals surface area contributed by atoms with E-state index in [1.54, 1.807) is 6.92 Å². The number of carboxylic acids is 1. The lowest BCUT2D eigenvalue weighted by atomic mass is 10.0. The Morgan fingerprint density at radius 3 is 2.69 bits per heavy atom. The number of rotatable bonds is 3. The van der Waals surface area contributed by atoms with Gasteiger partial charge in [-0.15, -0.1) is 0 Å². The fourth-order valence-electron chi connectivity index (χ4n) is 1.08. The van der Waals surface area contributed by atoms with Crippen LogP contribution in [0.3, 0.4) is 0 Å². The molecular formula is C10H11BrO2. The monoisotopic (exact) mass is 242 g/mol. The molecule has 0 heterocycles. The molecule has 0 amide bonds. The Balaban J connectivity index is 2.74. The minimum Gasteiger partial charge on any atom is -0.481 e. The van der Waals surface area contributed by atoms with Crippen molar-refractivity contribution < 1.29 is 9.90 Å². The largest absolute Gasteiger partial charge is 0.481 e. The molecule has 0 fully saturated rings. The molecule has 1 N–H and O–H groups in total. The summed E-state index contributed by atoms with van der Waals surface area (Å²) in [6.07, 6.45) is 0.566. The van der Waals surface area contributed by atoms with Gasteiger partial charge in [0.2, 0.25) is 0 Å². The van der Waals surface area contributed by atoms with Crippen molar-refractivity contribution >= 4 is 21.9 Å². The van der Waals surface area contributed by atoms with Crippen LogP contribution in [0.2, 0.25) is 0 Å². The van der Waals surface area contributed by atoms with E-state index < -0.39 is 5.97 Å². The molecule has 0 aromatic heterocycles. The van der Waals surface area contributed by atoms with Crippen molar-refractivity contribution in [3.63, 3.8) is 0 Å². The molecule has 0 bridgehead atoms. The van der Waals surface area contributed by atoms with Crippen LogP contribution in [0.15, 0.2) is 28.7 Å². The second kappa shape index (κ2) is 4.42. The van der Waals surface area contributed by atoms with Crippen molar-refractivity contribution in [3.8, 4) is 0 Å². The first kappa shape index (κ1) is 10.3. The molecule has 0 saturated carbocycles. The Hall–Kier alpha value is -0.830. The average Bonchev–Trinajstić information content (AvgIpc) is 2.08. The smallest absolute Gasteiger partial charge is 0.306 e. The van der Waals surface area contributed by atoms with Crippen molar-refractivity contribution in [3.05, 3.63) is 34.3 Å². The maximum Gasteiger partial charge on any atom is 0.306 e. The highest BCUT2D eigenvalue weighted by Crippen LogP contribution is 2.19. The number of carboxylic acid groups (broad SMARTS) is 1. The van der Waals surface area contributed by atoms with Crippen molar-refractivity contribution in [2.24, 2.45) is 5.92 Å². The molecule has 0 aliphatic carbocycles. The molecule has 0 spiro atoms. The van der Waals surface area contributed by atoms with Crippen LogP contribution in [-0.4, -0.2) is 11.1 Å². The van der Waals surface area contributed by atoms with E-state index in [2.05, 4.69) is 15.9 Å². The summed E-state index contributed by atoms with van der Waals surface area (Å²) in [5, 5.41) is 8.72. The van der Waals surface area contributed by atoms with Gasteiger partial charge < -0.3 is 5.11 Å². The topological polar surface area (TPSA) is 37.3 Å². The van der Waals surface area contributed by atoms with Crippen LogP contribution in [0.1, 0.15) is 12.5 Å². The first-order chi connectivity index (χ1) is 6.11. The molecule has 70 valence electrons. The third kappa shape index (κ3) is 2.84. The van der Waals surface area contributed by atoms with Gasteiger partial charge in [-0.2, -0.15) is 0 Å². The Kier molecular flexibility index (Phi) is 3.48. The van der Waals surface area contributed by atoms with Gasteiger partial charge in [0.15, 0.2) is 0 Å². The van der Waals surface area contributed by atoms with Crippen LogP contribution >= 0.6 is 15.9 Å². The molecule has 0 unspecified atom stereocenters. The Morgan fingerprint density at radius 2 is 2.15 bits per heavy atom. The Labute approximate surface area is 85.7 Å². The number of carbonyl (C=O) groups is 1. The van der Waals surface area contributed by atoms with Gasteiger partial charge in [0.1, 0.15) is 0 Å². The van der Waals surface area contributed by atoms with Gasteiger partial charge in [-0.05, 0) is 18.1 Å². The van der Waals surface area contributed by atoms with Gasteiger partial charge in [-0.25, -0.2) is 0 Å². The van der Waals surface area contributed by atoms with Crippen LogP contribution in [0.25, 0.3) is 0 Å². The number of halogens is 1. The summed E-state index contributed by atoms with van der Waals surface area (Å²) in [4.78, 5) is 10.6. The molecule has 1 rings (SSSR count). The quantitative estimate of drug-likeness (QED) is 0.886. The minimum absolute atomic E-state index is 0.335. The predicted molar refractivity (Wildman–Crippen MR) is 54.6 cm³/mol. The third-order valence-electron chi connectivity index (χ3n) is 1.91. The van der Waals surface area contributed by atoms with E-state index in [0.717, 1.165) is 10.0 Å². The molecule has 0 aliphatic rings. The van der Waals surface area contributed by atoms with Gasteiger partial charge in [0, 0.05) is 4.47 Å². The molecule has 1 atom stereocenters. The van der Waals surface area contributed by atoms with E-state index in [4.69, 9.17) is 5.11 Å². The van der Waals surface area contributed by atoms with Crippen LogP contribution in [0.4, 0.5) is 0 Å². The highest BCUT2D eigenvalue weighted by atomic mass is 79.9. The number of hydrogen-bond donors (Lipinski definition) is 1. The normalized spacial score (nSPS) is 12.5. The molecule has 0 saturated heterocycles. The third-order valence-corrected chi connectivity index (χ3v) is 2.68. The van der Waals surface area contributed by atoms with Crippen molar-refractivity contribution in [1.29, 1.82) is 0 Å². The van der Waals surface area contributed by atoms with Gasteiger partial charge >= 0.3 is 5.97 Å². The first-order valence-corrected chi connectivity index (χ1v) is 4.86. The zero-order chi connectivity index (χ0) is 9.84. The molecule has 0 radical (unpaired) electrons. The average molecular weight is 243 g/mol. The second-order valence-electron chi connectivity index (χ2n) is 3.03. The van der Waals surface area contributed by atoms with Crippen molar-refractivity contribution in [2.45, 2.75) is 13.3 Å². The Bertz CT molecular complexity index is 310. The van der Waals surface area contributed by atoms with E-state index in [1.807, 2.05) is 24.3 Å². The summed E-state index contributed by atoms with van der Waals surface area (Å²) in [5.74, 6) is -1.09. The van der Waals surface area contributed by atoms with Gasteiger partial charge in [-0.3, -0.25) is 4.79 Å². The van der Waals surface area contributed by atoms with Gasteiger partial charge in [0.25, 0.3) is 0 Å². The maximum atomic E-state index is 10.6. The van der Waals surface area contributed by atoms with Gasteiger partial charge in [-0.1, -0.05) is 41.1 Å². The summed E-state index contributed by atoms with van der Waals surface area (Å²) in [6, 6.07) is 7.68. The lowest BCUT2D eigenvalue weighted by Gasteiger charge is -2.07. The summed E-state index contributed by atoms with van der Waals surface area (Å²) >= 11 is 3.38. The van der Waals surface area contributed by atoms with Crippen LogP contribution in [-0.2, 0) is 11.2 Å². The molecule has 3 heteroatoms. The number of aliphatic carboxylic acids is 1. The lowest BCUT2D eigenvalue weighted by molar-refractivity contribution is -0.141. The highest BCUT2D eigenvalue weighted by molar-refractivity contribution is 9.10. The standard InChI is InChI=1S/C10H11BrO2/c1-7(10(12)13)6-8-4-2-3-5-9(8)11/h2-5,7H,6H2,1H3,(H,12,13)/t7-/m1/s1. The number of hydrogen-bond acceptors (Lipinski definition) is 1. The van der Waals surface area contributed by atoms with E-state index in [9.17, 15) is 4.79 Å². The fourth-order valence-corrected chi connectivity index (χ4v) is 1.53. The highest BCUT2D eigenvalue weighted by Gasteiger charge is 2.12. The molecular weight excluding hydrogens is 232 g/mol. The number of benzene rings is 1. The summed E-state index contributed by atoms with van der Waals surface area (Å²) < 4.78 is 0.975. The van der Waals surface area contributed by atoms with Crippen molar-refractivity contribution in [2.75, 3.05) is 0 Å². The van der Waals surface area contributed by atoms with Crippen LogP contribution < -0.4 is 0 Å². The molecule has 1 aromatic carbocycles. The predicted octanol–water partition coefficient (Wildman–Crippen LogP) is 2.71. The minimum atomic E-state index is -0.754. The first-order valence-electron chi connectivity index (χ1n) is 4.07. The lowest BCUT2D eigenvalue weighted by Crippen LogP contribution is -2.12. The maximum absolute atomic E-state index is 10.6. The summed E-state index contributed by atoms with van der Waals surface area (Å²) in [6.45, 7) is 1.71. The van der Waals surface area contributed by atoms with Crippen LogP contribution in [0.5, 0.6) is 0 Å². The fraction of sp³-hybridized carbons (Fsp3) is 0.300. The SMILES string of the molecule is C[C@H](Cc1ccccc1Br)C(=O)O. The van der Waals surface area contributed by atoms with Gasteiger partial charge in [0.05, 0.1) is 5.92 Å².